The first kappa shape index (κ1) is 21.0. The van der Waals surface area contributed by atoms with Crippen LogP contribution in [0.15, 0.2) is 9.95 Å². The smallest absolute Gasteiger partial charge is 0.260 e. The van der Waals surface area contributed by atoms with Crippen molar-refractivity contribution < 1.29 is 4.79 Å². The molecule has 0 saturated heterocycles. The second-order valence-corrected chi connectivity index (χ2v) is 9.12. The fraction of sp³-hybridized carbons (Fsp3) is 0.632. The third-order valence-electron chi connectivity index (χ3n) is 4.56. The van der Waals surface area contributed by atoms with Gasteiger partial charge in [0.25, 0.3) is 5.56 Å². The summed E-state index contributed by atoms with van der Waals surface area (Å²) in [5, 5.41) is 4.20. The largest absolute Gasteiger partial charge is 0.353 e. The molecule has 0 radical (unpaired) electrons. The number of nitrogens with one attached hydrogen (secondary N) is 2. The summed E-state index contributed by atoms with van der Waals surface area (Å²) in [5.74, 6) is 0.763. The van der Waals surface area contributed by atoms with Crippen molar-refractivity contribution in [1.29, 1.82) is 0 Å². The van der Waals surface area contributed by atoms with Crippen LogP contribution >= 0.6 is 23.1 Å². The average molecular weight is 396 g/mol. The monoisotopic (exact) mass is 395 g/mol. The van der Waals surface area contributed by atoms with E-state index in [0.29, 0.717) is 11.1 Å². The molecule has 0 spiro atoms. The van der Waals surface area contributed by atoms with Crippen LogP contribution in [0.5, 0.6) is 0 Å². The zero-order valence-corrected chi connectivity index (χ0v) is 17.9. The molecule has 26 heavy (non-hydrogen) atoms. The molecular weight excluding hydrogens is 366 g/mol. The molecule has 2 aromatic heterocycles. The molecule has 0 fully saturated rings. The first-order valence-electron chi connectivity index (χ1n) is 9.30. The number of nitrogens with zero attached hydrogens (tertiary/aromatic N) is 1. The van der Waals surface area contributed by atoms with Gasteiger partial charge in [0.05, 0.1) is 11.1 Å². The van der Waals surface area contributed by atoms with Crippen molar-refractivity contribution >= 4 is 39.2 Å². The number of thiophene rings is 1. The second kappa shape index (κ2) is 9.55. The van der Waals surface area contributed by atoms with E-state index in [0.717, 1.165) is 46.3 Å². The summed E-state index contributed by atoms with van der Waals surface area (Å²) in [4.78, 5) is 34.0. The van der Waals surface area contributed by atoms with E-state index in [-0.39, 0.29) is 23.3 Å². The summed E-state index contributed by atoms with van der Waals surface area (Å²) < 4.78 is 0. The Balaban J connectivity index is 2.14. The van der Waals surface area contributed by atoms with Crippen LogP contribution in [-0.2, 0) is 11.2 Å². The molecular formula is C19H29N3O2S2. The van der Waals surface area contributed by atoms with Crippen LogP contribution in [0.4, 0.5) is 0 Å². The molecule has 0 saturated carbocycles. The predicted molar refractivity (Wildman–Crippen MR) is 111 cm³/mol. The molecule has 0 unspecified atom stereocenters. The van der Waals surface area contributed by atoms with E-state index in [9.17, 15) is 9.59 Å². The summed E-state index contributed by atoms with van der Waals surface area (Å²) in [6, 6.07) is 0.172. The molecule has 2 aromatic rings. The van der Waals surface area contributed by atoms with E-state index < -0.39 is 0 Å². The highest BCUT2D eigenvalue weighted by Crippen LogP contribution is 2.30. The van der Waals surface area contributed by atoms with E-state index >= 15 is 0 Å². The molecule has 1 amide bonds. The highest BCUT2D eigenvalue weighted by molar-refractivity contribution is 7.99. The maximum absolute atomic E-state index is 12.6. The molecule has 0 bridgehead atoms. The van der Waals surface area contributed by atoms with Gasteiger partial charge in [-0.1, -0.05) is 45.4 Å². The molecule has 2 heterocycles. The molecule has 7 heteroatoms. The summed E-state index contributed by atoms with van der Waals surface area (Å²) >= 11 is 2.85. The summed E-state index contributed by atoms with van der Waals surface area (Å²) in [5.41, 5.74) is 1.02. The Labute approximate surface area is 163 Å². The molecule has 5 nitrogen and oxygen atoms in total. The topological polar surface area (TPSA) is 74.8 Å². The van der Waals surface area contributed by atoms with Gasteiger partial charge >= 0.3 is 0 Å². The summed E-state index contributed by atoms with van der Waals surface area (Å²) in [7, 11) is 0. The lowest BCUT2D eigenvalue weighted by Gasteiger charge is -2.12. The number of H-pyrrole nitrogens is 1. The van der Waals surface area contributed by atoms with Gasteiger partial charge in [-0.15, -0.1) is 11.3 Å². The summed E-state index contributed by atoms with van der Waals surface area (Å²) in [6.45, 7) is 10.5. The number of carbonyl (C=O) groups excluding carboxylic acids is 1. The molecule has 0 aliphatic rings. The Hall–Kier alpha value is -1.34. The highest BCUT2D eigenvalue weighted by atomic mass is 32.2. The summed E-state index contributed by atoms with van der Waals surface area (Å²) in [6.07, 6.45) is 3.99. The molecule has 2 rings (SSSR count). The number of fused-ring (bicyclic) bond motifs is 1. The number of hydrogen-bond donors (Lipinski definition) is 2. The van der Waals surface area contributed by atoms with Crippen molar-refractivity contribution in [2.24, 2.45) is 5.92 Å². The van der Waals surface area contributed by atoms with Crippen molar-refractivity contribution in [2.45, 2.75) is 71.5 Å². The maximum Gasteiger partial charge on any atom is 0.260 e. The molecule has 0 aliphatic carbocycles. The van der Waals surface area contributed by atoms with E-state index in [2.05, 4.69) is 43.0 Å². The van der Waals surface area contributed by atoms with Crippen molar-refractivity contribution in [2.75, 3.05) is 5.75 Å². The Morgan fingerprint density at radius 2 is 2.08 bits per heavy atom. The number of carbonyl (C=O) groups is 1. The Kier molecular flexibility index (Phi) is 7.70. The van der Waals surface area contributed by atoms with Gasteiger partial charge in [0.15, 0.2) is 5.16 Å². The van der Waals surface area contributed by atoms with Crippen LogP contribution in [-0.4, -0.2) is 27.7 Å². The second-order valence-electron chi connectivity index (χ2n) is 6.95. The minimum Gasteiger partial charge on any atom is -0.353 e. The number of aromatic amines is 1. The number of thioether (sulfide) groups is 1. The van der Waals surface area contributed by atoms with Crippen molar-refractivity contribution in [3.8, 4) is 0 Å². The first-order valence-corrected chi connectivity index (χ1v) is 11.1. The van der Waals surface area contributed by atoms with Crippen LogP contribution in [0.3, 0.4) is 0 Å². The zero-order chi connectivity index (χ0) is 19.3. The lowest BCUT2D eigenvalue weighted by Crippen LogP contribution is -2.33. The van der Waals surface area contributed by atoms with Gasteiger partial charge in [-0.2, -0.15) is 0 Å². The molecule has 0 aliphatic heterocycles. The van der Waals surface area contributed by atoms with Crippen molar-refractivity contribution in [3.63, 3.8) is 0 Å². The van der Waals surface area contributed by atoms with Crippen LogP contribution in [0.25, 0.3) is 10.2 Å². The lowest BCUT2D eigenvalue weighted by molar-refractivity contribution is -0.119. The van der Waals surface area contributed by atoms with Crippen LogP contribution in [0.2, 0.25) is 0 Å². The van der Waals surface area contributed by atoms with E-state index in [1.54, 1.807) is 11.3 Å². The van der Waals surface area contributed by atoms with E-state index in [4.69, 9.17) is 0 Å². The standard InChI is InChI=1S/C19H29N3O2S2/c1-6-8-12(4)20-15(23)10-25-19-21-17(24)16-14(9-11(3)7-2)13(5)26-18(16)22-19/h11-12H,6-10H2,1-5H3,(H,20,23)(H,21,22,24)/t11-,12+/m1/s1. The van der Waals surface area contributed by atoms with Gasteiger partial charge in [-0.05, 0) is 38.2 Å². The zero-order valence-electron chi connectivity index (χ0n) is 16.3. The van der Waals surface area contributed by atoms with Crippen molar-refractivity contribution in [1.82, 2.24) is 15.3 Å². The van der Waals surface area contributed by atoms with Gasteiger partial charge < -0.3 is 10.3 Å². The number of aromatic nitrogens is 2. The van der Waals surface area contributed by atoms with Gasteiger partial charge in [0, 0.05) is 10.9 Å². The van der Waals surface area contributed by atoms with Gasteiger partial charge in [-0.3, -0.25) is 9.59 Å². The third-order valence-corrected chi connectivity index (χ3v) is 6.47. The lowest BCUT2D eigenvalue weighted by atomic mass is 9.98. The normalized spacial score (nSPS) is 13.7. The van der Waals surface area contributed by atoms with Crippen molar-refractivity contribution in [3.05, 3.63) is 20.8 Å². The Bertz CT molecular complexity index is 813. The first-order chi connectivity index (χ1) is 12.3. The Morgan fingerprint density at radius 3 is 2.73 bits per heavy atom. The minimum absolute atomic E-state index is 0.0292. The van der Waals surface area contributed by atoms with Gasteiger partial charge in [-0.25, -0.2) is 4.98 Å². The SMILES string of the molecule is CCC[C@H](C)NC(=O)CSc1nc2sc(C)c(C[C@H](C)CC)c2c(=O)[nH]1. The highest BCUT2D eigenvalue weighted by Gasteiger charge is 2.17. The van der Waals surface area contributed by atoms with Gasteiger partial charge in [0.2, 0.25) is 5.91 Å². The fourth-order valence-corrected chi connectivity index (χ4v) is 4.70. The Morgan fingerprint density at radius 1 is 1.35 bits per heavy atom. The molecule has 2 N–H and O–H groups in total. The van der Waals surface area contributed by atoms with E-state index in [1.807, 2.05) is 6.92 Å². The van der Waals surface area contributed by atoms with Crippen LogP contribution < -0.4 is 10.9 Å². The number of rotatable bonds is 9. The van der Waals surface area contributed by atoms with Gasteiger partial charge in [0.1, 0.15) is 4.83 Å². The predicted octanol–water partition coefficient (Wildman–Crippen LogP) is 4.28. The molecule has 144 valence electrons. The van der Waals surface area contributed by atoms with Crippen LogP contribution in [0, 0.1) is 12.8 Å². The van der Waals surface area contributed by atoms with E-state index in [1.165, 1.54) is 11.8 Å². The van der Waals surface area contributed by atoms with Crippen LogP contribution in [0.1, 0.15) is 57.4 Å². The average Bonchev–Trinajstić information content (AvgIpc) is 2.89. The molecule has 0 aromatic carbocycles. The fourth-order valence-electron chi connectivity index (χ4n) is 2.92. The minimum atomic E-state index is -0.0973. The molecule has 2 atom stereocenters. The number of amides is 1. The quantitative estimate of drug-likeness (QED) is 0.491. The number of hydrogen-bond acceptors (Lipinski definition) is 5. The maximum atomic E-state index is 12.6. The third kappa shape index (κ3) is 5.33. The number of aryl methyl sites for hydroxylation is 1.